The van der Waals surface area contributed by atoms with E-state index in [9.17, 15) is 42.6 Å². The number of alkyl halides is 4. The van der Waals surface area contributed by atoms with Crippen LogP contribution in [0, 0.1) is 20.2 Å². The minimum absolute atomic E-state index is 0.0946. The monoisotopic (exact) mass is 417 g/mol. The Balaban J connectivity index is 2.11. The number of nitro groups is 2. The van der Waals surface area contributed by atoms with Crippen LogP contribution in [-0.4, -0.2) is 34.7 Å². The number of anilines is 1. The van der Waals surface area contributed by atoms with E-state index in [1.54, 1.807) is 0 Å². The average molecular weight is 417 g/mol. The van der Waals surface area contributed by atoms with E-state index in [-0.39, 0.29) is 17.0 Å². The van der Waals surface area contributed by atoms with Crippen molar-refractivity contribution in [2.24, 2.45) is 0 Å². The van der Waals surface area contributed by atoms with Crippen LogP contribution in [0.1, 0.15) is 10.4 Å². The van der Waals surface area contributed by atoms with Crippen LogP contribution >= 0.6 is 0 Å². The lowest BCUT2D eigenvalue weighted by molar-refractivity contribution is -0.394. The molecule has 1 N–H and O–H groups in total. The maximum atomic E-state index is 12.8. The van der Waals surface area contributed by atoms with Crippen molar-refractivity contribution < 1.29 is 36.9 Å². The van der Waals surface area contributed by atoms with Crippen molar-refractivity contribution in [3.8, 4) is 5.75 Å². The summed E-state index contributed by atoms with van der Waals surface area (Å²) in [4.78, 5) is 32.1. The van der Waals surface area contributed by atoms with Crippen molar-refractivity contribution in [3.05, 3.63) is 68.3 Å². The summed E-state index contributed by atoms with van der Waals surface area (Å²) in [5.41, 5.74) is -1.58. The average Bonchev–Trinajstić information content (AvgIpc) is 2.66. The molecule has 1 amide bonds. The molecule has 0 aliphatic rings. The number of nitrogens with one attached hydrogen (secondary N) is 1. The predicted octanol–water partition coefficient (Wildman–Crippen LogP) is 4.03. The first-order chi connectivity index (χ1) is 13.5. The standard InChI is InChI=1S/C16H11F4N3O6/c17-15(18)16(19,20)8-29-13-3-1-10(2-4-13)21-14(24)9-5-11(22(25)26)7-12(6-9)23(27)28/h1-7,15H,8H2,(H,21,24). The number of non-ortho nitro benzene ring substituents is 2. The summed E-state index contributed by atoms with van der Waals surface area (Å²) >= 11 is 0. The molecule has 0 radical (unpaired) electrons. The Morgan fingerprint density at radius 1 is 1.03 bits per heavy atom. The minimum atomic E-state index is -4.33. The normalized spacial score (nSPS) is 11.2. The van der Waals surface area contributed by atoms with Gasteiger partial charge in [0.2, 0.25) is 0 Å². The van der Waals surface area contributed by atoms with Crippen LogP contribution in [0.2, 0.25) is 0 Å². The molecule has 0 spiro atoms. The summed E-state index contributed by atoms with van der Waals surface area (Å²) in [5, 5.41) is 24.0. The van der Waals surface area contributed by atoms with Gasteiger partial charge in [0.25, 0.3) is 17.3 Å². The third-order valence-electron chi connectivity index (χ3n) is 3.45. The molecule has 0 aromatic heterocycles. The predicted molar refractivity (Wildman–Crippen MR) is 90.6 cm³/mol. The molecule has 0 aliphatic heterocycles. The molecule has 0 heterocycles. The van der Waals surface area contributed by atoms with Crippen LogP contribution in [-0.2, 0) is 0 Å². The van der Waals surface area contributed by atoms with Crippen molar-refractivity contribution >= 4 is 23.0 Å². The van der Waals surface area contributed by atoms with Gasteiger partial charge in [-0.15, -0.1) is 0 Å². The van der Waals surface area contributed by atoms with Gasteiger partial charge >= 0.3 is 12.3 Å². The lowest BCUT2D eigenvalue weighted by atomic mass is 10.1. The van der Waals surface area contributed by atoms with Gasteiger partial charge in [0.05, 0.1) is 21.5 Å². The van der Waals surface area contributed by atoms with Gasteiger partial charge in [0.15, 0.2) is 6.61 Å². The molecule has 29 heavy (non-hydrogen) atoms. The van der Waals surface area contributed by atoms with E-state index in [0.29, 0.717) is 6.07 Å². The van der Waals surface area contributed by atoms with Crippen LogP contribution in [0.4, 0.5) is 34.6 Å². The first kappa shape index (κ1) is 21.5. The number of hydrogen-bond acceptors (Lipinski definition) is 6. The maximum absolute atomic E-state index is 12.8. The molecule has 0 fully saturated rings. The third-order valence-corrected chi connectivity index (χ3v) is 3.45. The van der Waals surface area contributed by atoms with Gasteiger partial charge in [-0.3, -0.25) is 25.0 Å². The second kappa shape index (κ2) is 8.50. The first-order valence-electron chi connectivity index (χ1n) is 7.63. The number of nitro benzene ring substituents is 2. The molecule has 9 nitrogen and oxygen atoms in total. The molecule has 0 saturated heterocycles. The summed E-state index contributed by atoms with van der Waals surface area (Å²) in [6.45, 7) is -1.55. The molecule has 0 saturated carbocycles. The van der Waals surface area contributed by atoms with Crippen LogP contribution in [0.5, 0.6) is 5.75 Å². The summed E-state index contributed by atoms with van der Waals surface area (Å²) in [6, 6.07) is 7.00. The second-order valence-corrected chi connectivity index (χ2v) is 5.58. The number of halogens is 4. The number of hydrogen-bond donors (Lipinski definition) is 1. The fourth-order valence-corrected chi connectivity index (χ4v) is 2.02. The SMILES string of the molecule is O=C(Nc1ccc(OCC(F)(F)C(F)F)cc1)c1cc([N+](=O)[O-])cc([N+](=O)[O-])c1. The molecule has 0 aliphatic carbocycles. The largest absolute Gasteiger partial charge is 0.487 e. The first-order valence-corrected chi connectivity index (χ1v) is 7.63. The van der Waals surface area contributed by atoms with Gasteiger partial charge in [-0.1, -0.05) is 0 Å². The van der Waals surface area contributed by atoms with Crippen molar-refractivity contribution in [2.75, 3.05) is 11.9 Å². The summed E-state index contributed by atoms with van der Waals surface area (Å²) in [6.07, 6.45) is -3.89. The van der Waals surface area contributed by atoms with Gasteiger partial charge in [-0.25, -0.2) is 8.78 Å². The molecule has 0 unspecified atom stereocenters. The highest BCUT2D eigenvalue weighted by atomic mass is 19.3. The molecule has 2 aromatic rings. The van der Waals surface area contributed by atoms with Crippen LogP contribution in [0.15, 0.2) is 42.5 Å². The molecular formula is C16H11F4N3O6. The lowest BCUT2D eigenvalue weighted by Crippen LogP contribution is -2.33. The number of amides is 1. The van der Waals surface area contributed by atoms with E-state index in [1.165, 1.54) is 12.1 Å². The molecule has 13 heteroatoms. The molecular weight excluding hydrogens is 406 g/mol. The van der Waals surface area contributed by atoms with Crippen LogP contribution < -0.4 is 10.1 Å². The van der Waals surface area contributed by atoms with Gasteiger partial charge in [0, 0.05) is 17.8 Å². The van der Waals surface area contributed by atoms with Crippen molar-refractivity contribution in [1.29, 1.82) is 0 Å². The quantitative estimate of drug-likeness (QED) is 0.393. The van der Waals surface area contributed by atoms with Crippen molar-refractivity contribution in [3.63, 3.8) is 0 Å². The molecule has 154 valence electrons. The second-order valence-electron chi connectivity index (χ2n) is 5.58. The smallest absolute Gasteiger partial charge is 0.340 e. The fourth-order valence-electron chi connectivity index (χ4n) is 2.02. The Morgan fingerprint density at radius 3 is 2.00 bits per heavy atom. The summed E-state index contributed by atoms with van der Waals surface area (Å²) < 4.78 is 54.4. The zero-order chi connectivity index (χ0) is 21.8. The van der Waals surface area contributed by atoms with Crippen molar-refractivity contribution in [2.45, 2.75) is 12.3 Å². The topological polar surface area (TPSA) is 125 Å². The van der Waals surface area contributed by atoms with Crippen molar-refractivity contribution in [1.82, 2.24) is 0 Å². The molecule has 2 rings (SSSR count). The van der Waals surface area contributed by atoms with E-state index in [2.05, 4.69) is 10.1 Å². The number of nitrogens with zero attached hydrogens (tertiary/aromatic N) is 2. The fraction of sp³-hybridized carbons (Fsp3) is 0.188. The van der Waals surface area contributed by atoms with Gasteiger partial charge < -0.3 is 10.1 Å². The summed E-state index contributed by atoms with van der Waals surface area (Å²) in [7, 11) is 0. The Kier molecular flexibility index (Phi) is 6.31. The number of ether oxygens (including phenoxy) is 1. The highest BCUT2D eigenvalue weighted by Crippen LogP contribution is 2.26. The number of rotatable bonds is 8. The van der Waals surface area contributed by atoms with Crippen LogP contribution in [0.3, 0.4) is 0 Å². The number of carbonyl (C=O) groups is 1. The lowest BCUT2D eigenvalue weighted by Gasteiger charge is -2.16. The van der Waals surface area contributed by atoms with E-state index in [1.807, 2.05) is 0 Å². The molecule has 2 aromatic carbocycles. The van der Waals surface area contributed by atoms with E-state index in [4.69, 9.17) is 0 Å². The Labute approximate surface area is 159 Å². The zero-order valence-electron chi connectivity index (χ0n) is 14.2. The van der Waals surface area contributed by atoms with Crippen LogP contribution in [0.25, 0.3) is 0 Å². The van der Waals surface area contributed by atoms with Gasteiger partial charge in [-0.2, -0.15) is 8.78 Å². The maximum Gasteiger partial charge on any atom is 0.340 e. The highest BCUT2D eigenvalue weighted by molar-refractivity contribution is 6.05. The number of benzene rings is 2. The molecule has 0 atom stereocenters. The van der Waals surface area contributed by atoms with E-state index < -0.39 is 46.1 Å². The Bertz CT molecular complexity index is 905. The number of carbonyl (C=O) groups excluding carboxylic acids is 1. The Morgan fingerprint density at radius 2 is 1.55 bits per heavy atom. The highest BCUT2D eigenvalue weighted by Gasteiger charge is 2.41. The minimum Gasteiger partial charge on any atom is -0.487 e. The third kappa shape index (κ3) is 5.60. The van der Waals surface area contributed by atoms with E-state index in [0.717, 1.165) is 24.3 Å². The summed E-state index contributed by atoms with van der Waals surface area (Å²) in [5.74, 6) is -5.41. The van der Waals surface area contributed by atoms with Gasteiger partial charge in [0.1, 0.15) is 5.75 Å². The molecule has 0 bridgehead atoms. The van der Waals surface area contributed by atoms with Gasteiger partial charge in [-0.05, 0) is 24.3 Å². The zero-order valence-corrected chi connectivity index (χ0v) is 14.2. The Hall–Kier alpha value is -3.77. The van der Waals surface area contributed by atoms with E-state index >= 15 is 0 Å².